The number of aryl methyl sites for hydroxylation is 2. The molecule has 2 heterocycles. The van der Waals surface area contributed by atoms with Crippen molar-refractivity contribution >= 4 is 11.8 Å². The van der Waals surface area contributed by atoms with Crippen LogP contribution in [-0.2, 0) is 22.5 Å². The summed E-state index contributed by atoms with van der Waals surface area (Å²) in [7, 11) is 3.75. The van der Waals surface area contributed by atoms with Crippen LogP contribution in [-0.4, -0.2) is 41.7 Å². The average molecular weight is 505 g/mol. The summed E-state index contributed by atoms with van der Waals surface area (Å²) >= 11 is 0. The summed E-state index contributed by atoms with van der Waals surface area (Å²) in [4.78, 5) is 27.8. The van der Waals surface area contributed by atoms with Gasteiger partial charge in [0, 0.05) is 31.7 Å². The lowest BCUT2D eigenvalue weighted by Crippen LogP contribution is -2.18. The van der Waals surface area contributed by atoms with Crippen molar-refractivity contribution in [1.29, 1.82) is 0 Å². The Balaban J connectivity index is 1.43. The third-order valence-electron chi connectivity index (χ3n) is 6.49. The van der Waals surface area contributed by atoms with Crippen molar-refractivity contribution in [2.24, 2.45) is 0 Å². The molecule has 0 radical (unpaired) electrons. The first-order valence-electron chi connectivity index (χ1n) is 13.2. The van der Waals surface area contributed by atoms with Gasteiger partial charge in [0.1, 0.15) is 17.4 Å². The molecule has 3 rings (SSSR count). The Morgan fingerprint density at radius 1 is 1.00 bits per heavy atom. The van der Waals surface area contributed by atoms with E-state index in [9.17, 15) is 4.79 Å². The summed E-state index contributed by atoms with van der Waals surface area (Å²) in [5.74, 6) is 2.53. The predicted molar refractivity (Wildman–Crippen MR) is 147 cm³/mol. The summed E-state index contributed by atoms with van der Waals surface area (Å²) in [6, 6.07) is 14.4. The van der Waals surface area contributed by atoms with Gasteiger partial charge in [-0.15, -0.1) is 0 Å². The number of benzene rings is 1. The molecule has 0 saturated heterocycles. The Labute approximate surface area is 221 Å². The molecule has 0 N–H and O–H groups in total. The third-order valence-corrected chi connectivity index (χ3v) is 6.49. The molecule has 7 nitrogen and oxygen atoms in total. The summed E-state index contributed by atoms with van der Waals surface area (Å²) < 4.78 is 10.4. The average Bonchev–Trinajstić information content (AvgIpc) is 2.91. The second-order valence-corrected chi connectivity index (χ2v) is 9.41. The molecule has 0 aliphatic rings. The van der Waals surface area contributed by atoms with E-state index >= 15 is 0 Å². The standard InChI is InChI=1S/C30H40N4O3/c1-5-37-30(35)19-25(26-20-31-23(2)32-21-26)11-8-6-7-9-12-27-13-10-14-29(33-27)34(3)22-24-15-17-28(36-4)18-16-24/h10,13-18,20-21,25H,5-9,11-12,19,22H2,1-4H3. The number of pyridine rings is 1. The van der Waals surface area contributed by atoms with Gasteiger partial charge in [-0.25, -0.2) is 15.0 Å². The van der Waals surface area contributed by atoms with Gasteiger partial charge in [-0.3, -0.25) is 4.79 Å². The quantitative estimate of drug-likeness (QED) is 0.184. The maximum Gasteiger partial charge on any atom is 0.306 e. The van der Waals surface area contributed by atoms with Crippen molar-refractivity contribution in [2.45, 2.75) is 71.3 Å². The lowest BCUT2D eigenvalue weighted by Gasteiger charge is -2.19. The van der Waals surface area contributed by atoms with Crippen LogP contribution in [0.2, 0.25) is 0 Å². The number of carbonyl (C=O) groups excluding carboxylic acids is 1. The highest BCUT2D eigenvalue weighted by atomic mass is 16.5. The zero-order valence-electron chi connectivity index (χ0n) is 22.7. The molecule has 0 fully saturated rings. The van der Waals surface area contributed by atoms with Gasteiger partial charge in [0.2, 0.25) is 0 Å². The van der Waals surface area contributed by atoms with Crippen LogP contribution in [0, 0.1) is 6.92 Å². The van der Waals surface area contributed by atoms with Crippen molar-refractivity contribution in [3.8, 4) is 5.75 Å². The molecular formula is C30H40N4O3. The molecule has 1 unspecified atom stereocenters. The fraction of sp³-hybridized carbons (Fsp3) is 0.467. The highest BCUT2D eigenvalue weighted by molar-refractivity contribution is 5.70. The molecule has 0 spiro atoms. The van der Waals surface area contributed by atoms with Crippen LogP contribution in [0.1, 0.15) is 74.0 Å². The topological polar surface area (TPSA) is 77.4 Å². The Morgan fingerprint density at radius 3 is 2.43 bits per heavy atom. The minimum Gasteiger partial charge on any atom is -0.497 e. The normalized spacial score (nSPS) is 11.7. The number of rotatable bonds is 15. The first-order chi connectivity index (χ1) is 18.0. The van der Waals surface area contributed by atoms with Gasteiger partial charge in [0.05, 0.1) is 20.1 Å². The van der Waals surface area contributed by atoms with Crippen LogP contribution in [0.25, 0.3) is 0 Å². The lowest BCUT2D eigenvalue weighted by atomic mass is 9.92. The molecule has 0 aliphatic heterocycles. The molecule has 0 saturated carbocycles. The van der Waals surface area contributed by atoms with E-state index in [1.807, 2.05) is 38.4 Å². The fourth-order valence-electron chi connectivity index (χ4n) is 4.38. The first kappa shape index (κ1) is 28.1. The maximum atomic E-state index is 12.1. The van der Waals surface area contributed by atoms with Crippen LogP contribution in [0.4, 0.5) is 5.82 Å². The Kier molecular flexibility index (Phi) is 11.3. The van der Waals surface area contributed by atoms with Gasteiger partial charge in [-0.2, -0.15) is 0 Å². The maximum absolute atomic E-state index is 12.1. The van der Waals surface area contributed by atoms with E-state index in [1.165, 1.54) is 5.56 Å². The number of aromatic nitrogens is 3. The Bertz CT molecular complexity index is 1090. The molecule has 37 heavy (non-hydrogen) atoms. The number of hydrogen-bond acceptors (Lipinski definition) is 7. The van der Waals surface area contributed by atoms with Crippen molar-refractivity contribution in [1.82, 2.24) is 15.0 Å². The highest BCUT2D eigenvalue weighted by Crippen LogP contribution is 2.26. The Hall–Kier alpha value is -3.48. The predicted octanol–water partition coefficient (Wildman–Crippen LogP) is 6.06. The summed E-state index contributed by atoms with van der Waals surface area (Å²) in [5, 5.41) is 0. The number of ether oxygens (including phenoxy) is 2. The summed E-state index contributed by atoms with van der Waals surface area (Å²) in [5.41, 5.74) is 3.35. The van der Waals surface area contributed by atoms with E-state index in [0.717, 1.165) is 73.7 Å². The minimum absolute atomic E-state index is 0.0965. The number of esters is 1. The third kappa shape index (κ3) is 9.48. The highest BCUT2D eigenvalue weighted by Gasteiger charge is 2.17. The largest absolute Gasteiger partial charge is 0.497 e. The van der Waals surface area contributed by atoms with Crippen molar-refractivity contribution in [3.05, 3.63) is 77.5 Å². The number of hydrogen-bond donors (Lipinski definition) is 0. The first-order valence-corrected chi connectivity index (χ1v) is 13.2. The zero-order chi connectivity index (χ0) is 26.5. The van der Waals surface area contributed by atoms with Crippen LogP contribution in [0.5, 0.6) is 5.75 Å². The van der Waals surface area contributed by atoms with E-state index in [4.69, 9.17) is 14.5 Å². The van der Waals surface area contributed by atoms with Crippen LogP contribution in [0.15, 0.2) is 54.9 Å². The van der Waals surface area contributed by atoms with Crippen molar-refractivity contribution < 1.29 is 14.3 Å². The van der Waals surface area contributed by atoms with E-state index < -0.39 is 0 Å². The Morgan fingerprint density at radius 2 is 1.73 bits per heavy atom. The van der Waals surface area contributed by atoms with Gasteiger partial charge in [0.15, 0.2) is 0 Å². The van der Waals surface area contributed by atoms with E-state index in [1.54, 1.807) is 7.11 Å². The molecular weight excluding hydrogens is 464 g/mol. The SMILES string of the molecule is CCOC(=O)CC(CCCCCCc1cccc(N(C)Cc2ccc(OC)cc2)n1)c1cnc(C)nc1. The summed E-state index contributed by atoms with van der Waals surface area (Å²) in [6.07, 6.45) is 10.3. The van der Waals surface area contributed by atoms with E-state index in [2.05, 4.69) is 52.2 Å². The molecule has 1 atom stereocenters. The van der Waals surface area contributed by atoms with E-state index in [-0.39, 0.29) is 11.9 Å². The van der Waals surface area contributed by atoms with Gasteiger partial charge in [-0.1, -0.05) is 37.5 Å². The molecule has 3 aromatic rings. The number of unbranched alkanes of at least 4 members (excludes halogenated alkanes) is 3. The molecule has 0 aliphatic carbocycles. The van der Waals surface area contributed by atoms with Crippen molar-refractivity contribution in [3.63, 3.8) is 0 Å². The molecule has 0 amide bonds. The van der Waals surface area contributed by atoms with Gasteiger partial charge < -0.3 is 14.4 Å². The fourth-order valence-corrected chi connectivity index (χ4v) is 4.38. The molecule has 2 aromatic heterocycles. The number of methoxy groups -OCH3 is 1. The molecule has 198 valence electrons. The summed E-state index contributed by atoms with van der Waals surface area (Å²) in [6.45, 7) is 4.90. The van der Waals surface area contributed by atoms with Gasteiger partial charge >= 0.3 is 5.97 Å². The molecule has 7 heteroatoms. The minimum atomic E-state index is -0.156. The monoisotopic (exact) mass is 504 g/mol. The number of carbonyl (C=O) groups is 1. The van der Waals surface area contributed by atoms with Crippen LogP contribution >= 0.6 is 0 Å². The van der Waals surface area contributed by atoms with Gasteiger partial charge in [-0.05, 0) is 74.4 Å². The second kappa shape index (κ2) is 14.9. The van der Waals surface area contributed by atoms with E-state index in [0.29, 0.717) is 13.0 Å². The zero-order valence-corrected chi connectivity index (χ0v) is 22.7. The lowest BCUT2D eigenvalue weighted by molar-refractivity contribution is -0.143. The van der Waals surface area contributed by atoms with Crippen LogP contribution in [0.3, 0.4) is 0 Å². The van der Waals surface area contributed by atoms with Gasteiger partial charge in [0.25, 0.3) is 0 Å². The van der Waals surface area contributed by atoms with Crippen molar-refractivity contribution in [2.75, 3.05) is 25.7 Å². The smallest absolute Gasteiger partial charge is 0.306 e. The molecule has 0 bridgehead atoms. The molecule has 1 aromatic carbocycles. The van der Waals surface area contributed by atoms with Crippen LogP contribution < -0.4 is 9.64 Å². The second-order valence-electron chi connectivity index (χ2n) is 9.41. The number of nitrogens with zero attached hydrogens (tertiary/aromatic N) is 4. The number of anilines is 1.